The van der Waals surface area contributed by atoms with E-state index in [9.17, 15) is 19.2 Å². The number of hydrogen-bond donors (Lipinski definition) is 0. The van der Waals surface area contributed by atoms with Crippen LogP contribution in [-0.2, 0) is 9.47 Å². The van der Waals surface area contributed by atoms with Gasteiger partial charge in [0.25, 0.3) is 11.8 Å². The van der Waals surface area contributed by atoms with Gasteiger partial charge in [-0.2, -0.15) is 0 Å². The highest BCUT2D eigenvalue weighted by Gasteiger charge is 2.35. The number of rotatable bonds is 9. The van der Waals surface area contributed by atoms with Crippen molar-refractivity contribution in [3.8, 4) is 5.82 Å². The number of Topliss-reactive ketones (excluding diaryl/α,β-unsaturated/α-hetero) is 1. The van der Waals surface area contributed by atoms with Crippen molar-refractivity contribution in [1.82, 2.24) is 14.6 Å². The summed E-state index contributed by atoms with van der Waals surface area (Å²) >= 11 is 0. The number of aromatic nitrogens is 2. The van der Waals surface area contributed by atoms with Gasteiger partial charge in [0, 0.05) is 43.3 Å². The van der Waals surface area contributed by atoms with Crippen molar-refractivity contribution < 1.29 is 33.2 Å². The molecule has 0 radical (unpaired) electrons. The minimum absolute atomic E-state index is 0.0833. The van der Waals surface area contributed by atoms with Crippen LogP contribution < -0.4 is 0 Å². The van der Waals surface area contributed by atoms with Gasteiger partial charge in [-0.25, -0.2) is 4.79 Å². The number of hydrogen-bond acceptors (Lipinski definition) is 8. The Kier molecular flexibility index (Phi) is 6.65. The number of nitrogens with zero attached hydrogens (tertiary/aromatic N) is 3. The first kappa shape index (κ1) is 24.1. The van der Waals surface area contributed by atoms with Gasteiger partial charge in [0.15, 0.2) is 12.4 Å². The van der Waals surface area contributed by atoms with E-state index in [4.69, 9.17) is 14.0 Å². The Morgan fingerprint density at radius 2 is 1.77 bits per heavy atom. The fourth-order valence-corrected chi connectivity index (χ4v) is 4.14. The monoisotopic (exact) mass is 479 g/mol. The summed E-state index contributed by atoms with van der Waals surface area (Å²) in [5.41, 5.74) is 2.28. The van der Waals surface area contributed by atoms with Gasteiger partial charge in [0.2, 0.25) is 5.78 Å². The van der Waals surface area contributed by atoms with Gasteiger partial charge in [-0.15, -0.1) is 0 Å². The highest BCUT2D eigenvalue weighted by Crippen LogP contribution is 2.25. The van der Waals surface area contributed by atoms with Crippen LogP contribution in [0.25, 0.3) is 5.82 Å². The second-order valence-corrected chi connectivity index (χ2v) is 8.28. The second kappa shape index (κ2) is 9.67. The summed E-state index contributed by atoms with van der Waals surface area (Å²) in [5.74, 6) is -0.824. The molecule has 2 aromatic heterocycles. The number of esters is 1. The molecule has 0 N–H and O–H groups in total. The topological polar surface area (TPSA) is 121 Å². The van der Waals surface area contributed by atoms with Crippen molar-refractivity contribution in [3.05, 3.63) is 69.7 Å². The molecule has 0 saturated carbocycles. The molecule has 2 amide bonds. The molecular weight excluding hydrogens is 454 g/mol. The molecule has 182 valence electrons. The lowest BCUT2D eigenvalue weighted by atomic mass is 10.1. The van der Waals surface area contributed by atoms with Gasteiger partial charge in [-0.1, -0.05) is 5.16 Å². The van der Waals surface area contributed by atoms with E-state index >= 15 is 0 Å². The lowest BCUT2D eigenvalue weighted by molar-refractivity contribution is 0.0474. The van der Waals surface area contributed by atoms with Crippen LogP contribution in [0.2, 0.25) is 0 Å². The summed E-state index contributed by atoms with van der Waals surface area (Å²) in [7, 11) is 1.54. The van der Waals surface area contributed by atoms with Crippen molar-refractivity contribution in [2.45, 2.75) is 27.2 Å². The van der Waals surface area contributed by atoms with Crippen LogP contribution in [0.15, 0.2) is 34.9 Å². The third-order valence-electron chi connectivity index (χ3n) is 5.85. The predicted molar refractivity (Wildman–Crippen MR) is 123 cm³/mol. The van der Waals surface area contributed by atoms with E-state index in [-0.39, 0.29) is 29.0 Å². The maximum atomic E-state index is 12.8. The Labute approximate surface area is 201 Å². The molecule has 0 saturated heterocycles. The van der Waals surface area contributed by atoms with Crippen molar-refractivity contribution >= 4 is 23.6 Å². The maximum absolute atomic E-state index is 12.8. The van der Waals surface area contributed by atoms with Gasteiger partial charge >= 0.3 is 5.97 Å². The number of ketones is 1. The van der Waals surface area contributed by atoms with Crippen molar-refractivity contribution in [2.75, 3.05) is 26.9 Å². The second-order valence-electron chi connectivity index (χ2n) is 8.28. The molecule has 10 nitrogen and oxygen atoms in total. The molecule has 0 fully saturated rings. The Morgan fingerprint density at radius 1 is 1.03 bits per heavy atom. The number of aryl methyl sites for hydroxylation is 2. The van der Waals surface area contributed by atoms with Crippen LogP contribution in [-0.4, -0.2) is 65.1 Å². The average molecular weight is 479 g/mol. The average Bonchev–Trinajstić information content (AvgIpc) is 3.46. The van der Waals surface area contributed by atoms with Crippen LogP contribution in [0, 0.1) is 20.8 Å². The molecule has 35 heavy (non-hydrogen) atoms. The lowest BCUT2D eigenvalue weighted by Gasteiger charge is -2.12. The summed E-state index contributed by atoms with van der Waals surface area (Å²) < 4.78 is 17.1. The first-order chi connectivity index (χ1) is 16.7. The fraction of sp³-hybridized carbons (Fsp3) is 0.320. The molecule has 1 aliphatic heterocycles. The van der Waals surface area contributed by atoms with E-state index in [1.165, 1.54) is 18.2 Å². The molecule has 0 aliphatic carbocycles. The van der Waals surface area contributed by atoms with Gasteiger partial charge in [0.1, 0.15) is 5.76 Å². The zero-order valence-electron chi connectivity index (χ0n) is 19.9. The van der Waals surface area contributed by atoms with Gasteiger partial charge in [-0.05, 0) is 51.5 Å². The number of fused-ring (bicyclic) bond motifs is 1. The minimum Gasteiger partial charge on any atom is -0.454 e. The highest BCUT2D eigenvalue weighted by atomic mass is 16.5. The third-order valence-corrected chi connectivity index (χ3v) is 5.85. The summed E-state index contributed by atoms with van der Waals surface area (Å²) in [4.78, 5) is 51.7. The predicted octanol–water partition coefficient (Wildman–Crippen LogP) is 3.06. The Hall–Kier alpha value is -4.05. The van der Waals surface area contributed by atoms with E-state index in [0.717, 1.165) is 10.6 Å². The molecule has 10 heteroatoms. The third kappa shape index (κ3) is 4.52. The quantitative estimate of drug-likeness (QED) is 0.199. The molecule has 4 rings (SSSR count). The Morgan fingerprint density at radius 3 is 2.46 bits per heavy atom. The summed E-state index contributed by atoms with van der Waals surface area (Å²) in [6.07, 6.45) is 0.510. The lowest BCUT2D eigenvalue weighted by Crippen LogP contribution is -2.31. The SMILES string of the molecule is COCCCN1C(=O)c2ccc(C(=O)OCC(=O)c3cc(C)n(-c4cc(C)on4)c3C)cc2C1=O. The largest absolute Gasteiger partial charge is 0.454 e. The number of imide groups is 1. The number of carbonyl (C=O) groups is 4. The smallest absolute Gasteiger partial charge is 0.338 e. The molecule has 0 unspecified atom stereocenters. The van der Waals surface area contributed by atoms with Gasteiger partial charge in [-0.3, -0.25) is 23.9 Å². The molecule has 0 bridgehead atoms. The van der Waals surface area contributed by atoms with Crippen molar-refractivity contribution in [1.29, 1.82) is 0 Å². The number of carbonyl (C=O) groups excluding carboxylic acids is 4. The van der Waals surface area contributed by atoms with E-state index in [2.05, 4.69) is 5.16 Å². The van der Waals surface area contributed by atoms with Gasteiger partial charge in [0.05, 0.1) is 16.7 Å². The number of amides is 2. The summed E-state index contributed by atoms with van der Waals surface area (Å²) in [6, 6.07) is 7.63. The van der Waals surface area contributed by atoms with Crippen LogP contribution in [0.4, 0.5) is 0 Å². The van der Waals surface area contributed by atoms with E-state index in [1.807, 2.05) is 6.92 Å². The van der Waals surface area contributed by atoms with Crippen molar-refractivity contribution in [2.24, 2.45) is 0 Å². The Bertz CT molecular complexity index is 1330. The molecule has 0 atom stereocenters. The zero-order chi connectivity index (χ0) is 25.3. The molecule has 1 aromatic carbocycles. The van der Waals surface area contributed by atoms with Crippen LogP contribution >= 0.6 is 0 Å². The number of benzene rings is 1. The summed E-state index contributed by atoms with van der Waals surface area (Å²) in [5, 5.41) is 3.99. The molecule has 3 aromatic rings. The summed E-state index contributed by atoms with van der Waals surface area (Å²) in [6.45, 7) is 5.54. The fourth-order valence-electron chi connectivity index (χ4n) is 4.14. The van der Waals surface area contributed by atoms with E-state index < -0.39 is 24.4 Å². The van der Waals surface area contributed by atoms with Crippen LogP contribution in [0.5, 0.6) is 0 Å². The number of methoxy groups -OCH3 is 1. The standard InChI is InChI=1S/C25H25N3O7/c1-14-10-19(16(3)28(14)22-11-15(2)35-26-22)21(29)13-34-25(32)17-6-7-18-20(12-17)24(31)27(23(18)30)8-5-9-33-4/h6-7,10-12H,5,8-9,13H2,1-4H3. The number of ether oxygens (including phenoxy) is 2. The normalized spacial score (nSPS) is 12.9. The minimum atomic E-state index is -0.764. The van der Waals surface area contributed by atoms with E-state index in [1.54, 1.807) is 37.7 Å². The highest BCUT2D eigenvalue weighted by molar-refractivity contribution is 6.22. The Balaban J connectivity index is 1.44. The molecule has 1 aliphatic rings. The molecular formula is C25H25N3O7. The van der Waals surface area contributed by atoms with E-state index in [0.29, 0.717) is 35.9 Å². The van der Waals surface area contributed by atoms with Crippen LogP contribution in [0.3, 0.4) is 0 Å². The maximum Gasteiger partial charge on any atom is 0.338 e. The first-order valence-electron chi connectivity index (χ1n) is 11.0. The van der Waals surface area contributed by atoms with Gasteiger partial charge < -0.3 is 14.0 Å². The first-order valence-corrected chi connectivity index (χ1v) is 11.0. The molecule has 3 heterocycles. The zero-order valence-corrected chi connectivity index (χ0v) is 19.9. The molecule has 0 spiro atoms. The van der Waals surface area contributed by atoms with Crippen LogP contribution in [0.1, 0.15) is 65.0 Å². The van der Waals surface area contributed by atoms with Crippen molar-refractivity contribution in [3.63, 3.8) is 0 Å².